The molecule has 0 aliphatic rings. The molecule has 0 bridgehead atoms. The Balaban J connectivity index is 1.87. The van der Waals surface area contributed by atoms with Gasteiger partial charge in [0, 0.05) is 35.4 Å². The molecule has 0 radical (unpaired) electrons. The van der Waals surface area contributed by atoms with Gasteiger partial charge in [0.25, 0.3) is 0 Å². The molecule has 4 aromatic rings. The molecule has 0 saturated heterocycles. The van der Waals surface area contributed by atoms with Crippen LogP contribution in [0.25, 0.3) is 11.3 Å². The van der Waals surface area contributed by atoms with Crippen LogP contribution in [0.1, 0.15) is 51.6 Å². The molecule has 4 rings (SSSR count). The van der Waals surface area contributed by atoms with Crippen molar-refractivity contribution in [2.24, 2.45) is 0 Å². The summed E-state index contributed by atoms with van der Waals surface area (Å²) in [5.41, 5.74) is 15.3. The van der Waals surface area contributed by atoms with Gasteiger partial charge in [0.1, 0.15) is 35.8 Å². The van der Waals surface area contributed by atoms with Crippen molar-refractivity contribution in [3.05, 3.63) is 42.0 Å². The van der Waals surface area contributed by atoms with Crippen molar-refractivity contribution < 1.29 is 0 Å². The van der Waals surface area contributed by atoms with Crippen LogP contribution in [0.3, 0.4) is 0 Å². The van der Waals surface area contributed by atoms with E-state index in [-0.39, 0.29) is 5.41 Å². The number of nitrogens with two attached hydrogens (primary N) is 2. The molecular weight excluding hydrogens is 354 g/mol. The van der Waals surface area contributed by atoms with Crippen molar-refractivity contribution in [3.63, 3.8) is 0 Å². The van der Waals surface area contributed by atoms with Gasteiger partial charge in [-0.3, -0.25) is 8.80 Å². The Hall–Kier alpha value is -3.23. The maximum Gasteiger partial charge on any atom is 0.169 e. The van der Waals surface area contributed by atoms with Gasteiger partial charge in [0.15, 0.2) is 5.65 Å². The minimum absolute atomic E-state index is 0.167. The van der Waals surface area contributed by atoms with E-state index in [2.05, 4.69) is 54.8 Å². The molecule has 0 saturated carbocycles. The molecule has 0 aliphatic carbocycles. The first-order valence-corrected chi connectivity index (χ1v) is 9.16. The lowest BCUT2D eigenvalue weighted by atomic mass is 9.81. The van der Waals surface area contributed by atoms with Gasteiger partial charge in [-0.15, -0.1) is 10.2 Å². The summed E-state index contributed by atoms with van der Waals surface area (Å²) in [6.07, 6.45) is 7.50. The summed E-state index contributed by atoms with van der Waals surface area (Å²) in [5.74, 6) is 1.75. The van der Waals surface area contributed by atoms with Crippen LogP contribution in [-0.4, -0.2) is 34.0 Å². The highest BCUT2D eigenvalue weighted by molar-refractivity contribution is 5.63. The lowest BCUT2D eigenvalue weighted by Crippen LogP contribution is -2.27. The lowest BCUT2D eigenvalue weighted by molar-refractivity contribution is 0.503. The lowest BCUT2D eigenvalue weighted by Gasteiger charge is -2.28. The normalized spacial score (nSPS) is 12.9. The summed E-state index contributed by atoms with van der Waals surface area (Å²) in [5, 5.41) is 8.22. The van der Waals surface area contributed by atoms with E-state index in [0.29, 0.717) is 23.7 Å². The van der Waals surface area contributed by atoms with Crippen LogP contribution in [0.15, 0.2) is 25.0 Å². The Labute approximate surface area is 162 Å². The third kappa shape index (κ3) is 2.74. The number of hydrogen-bond donors (Lipinski definition) is 2. The number of nitrogen functional groups attached to an aromatic ring is 2. The maximum atomic E-state index is 6.37. The predicted molar refractivity (Wildman–Crippen MR) is 108 cm³/mol. The van der Waals surface area contributed by atoms with E-state index in [9.17, 15) is 0 Å². The highest BCUT2D eigenvalue weighted by Crippen LogP contribution is 2.35. The number of hydrogen-bond acceptors (Lipinski definition) is 7. The van der Waals surface area contributed by atoms with Gasteiger partial charge in [-0.1, -0.05) is 34.6 Å². The average Bonchev–Trinajstić information content (AvgIpc) is 3.21. The zero-order chi connectivity index (χ0) is 20.3. The molecule has 4 aromatic heterocycles. The number of nitrogens with zero attached hydrogens (tertiary/aromatic N) is 7. The number of anilines is 2. The molecule has 28 heavy (non-hydrogen) atoms. The van der Waals surface area contributed by atoms with Crippen molar-refractivity contribution in [1.82, 2.24) is 34.0 Å². The third-order valence-corrected chi connectivity index (χ3v) is 5.05. The molecule has 0 aromatic carbocycles. The van der Waals surface area contributed by atoms with Crippen LogP contribution in [0.5, 0.6) is 0 Å². The van der Waals surface area contributed by atoms with Crippen LogP contribution in [0, 0.1) is 0 Å². The second-order valence-corrected chi connectivity index (χ2v) is 8.79. The number of imidazole rings is 1. The van der Waals surface area contributed by atoms with Gasteiger partial charge >= 0.3 is 0 Å². The average molecular weight is 379 g/mol. The van der Waals surface area contributed by atoms with Crippen LogP contribution in [0.2, 0.25) is 0 Å². The fourth-order valence-electron chi connectivity index (χ4n) is 3.85. The molecule has 0 amide bonds. The fourth-order valence-corrected chi connectivity index (χ4v) is 3.85. The van der Waals surface area contributed by atoms with E-state index in [0.717, 1.165) is 22.6 Å². The minimum Gasteiger partial charge on any atom is -0.383 e. The van der Waals surface area contributed by atoms with E-state index in [1.54, 1.807) is 23.3 Å². The fraction of sp³-hybridized carbons (Fsp3) is 0.421. The summed E-state index contributed by atoms with van der Waals surface area (Å²) in [4.78, 5) is 13.6. The van der Waals surface area contributed by atoms with Gasteiger partial charge < -0.3 is 11.5 Å². The molecule has 4 N–H and O–H groups in total. The number of rotatable bonds is 3. The standard InChI is InChI=1S/C19H25N9/c1-18(2,3)12-15(21)25-11(28-7-6-22-16(12)28)8-19(4,5)13-14(20)23-9-27-10-24-26-17(13)27/h6-7,9-10H,8,20-21H2,1-5H3. The van der Waals surface area contributed by atoms with E-state index in [4.69, 9.17) is 16.5 Å². The molecule has 9 heteroatoms. The van der Waals surface area contributed by atoms with Crippen LogP contribution < -0.4 is 11.5 Å². The SMILES string of the molecule is CC(C)(C)c1c(N)nc(CC(C)(C)c2c(N)ncn3cnnc23)n2ccnc12. The van der Waals surface area contributed by atoms with Crippen molar-refractivity contribution in [1.29, 1.82) is 0 Å². The summed E-state index contributed by atoms with van der Waals surface area (Å²) in [7, 11) is 0. The maximum absolute atomic E-state index is 6.37. The van der Waals surface area contributed by atoms with Crippen LogP contribution >= 0.6 is 0 Å². The molecule has 0 spiro atoms. The van der Waals surface area contributed by atoms with Gasteiger partial charge in [-0.25, -0.2) is 15.0 Å². The van der Waals surface area contributed by atoms with E-state index >= 15 is 0 Å². The zero-order valence-electron chi connectivity index (χ0n) is 16.8. The smallest absolute Gasteiger partial charge is 0.169 e. The summed E-state index contributed by atoms with van der Waals surface area (Å²) >= 11 is 0. The van der Waals surface area contributed by atoms with E-state index < -0.39 is 5.41 Å². The summed E-state index contributed by atoms with van der Waals surface area (Å²) < 4.78 is 3.77. The summed E-state index contributed by atoms with van der Waals surface area (Å²) in [6, 6.07) is 0. The molecular formula is C19H25N9. The van der Waals surface area contributed by atoms with E-state index in [1.807, 2.05) is 10.6 Å². The quantitative estimate of drug-likeness (QED) is 0.558. The molecule has 0 fully saturated rings. The van der Waals surface area contributed by atoms with Crippen LogP contribution in [-0.2, 0) is 17.3 Å². The Kier molecular flexibility index (Phi) is 3.81. The Morgan fingerprint density at radius 1 is 0.929 bits per heavy atom. The van der Waals surface area contributed by atoms with Gasteiger partial charge in [-0.05, 0) is 5.41 Å². The monoisotopic (exact) mass is 379 g/mol. The van der Waals surface area contributed by atoms with Gasteiger partial charge in [-0.2, -0.15) is 0 Å². The minimum atomic E-state index is -0.410. The Morgan fingerprint density at radius 3 is 2.39 bits per heavy atom. The third-order valence-electron chi connectivity index (χ3n) is 5.05. The topological polar surface area (TPSA) is 125 Å². The first kappa shape index (κ1) is 18.1. The number of aromatic nitrogens is 7. The molecule has 146 valence electrons. The highest BCUT2D eigenvalue weighted by Gasteiger charge is 2.31. The Morgan fingerprint density at radius 2 is 1.68 bits per heavy atom. The largest absolute Gasteiger partial charge is 0.383 e. The van der Waals surface area contributed by atoms with Gasteiger partial charge in [0.2, 0.25) is 0 Å². The first-order valence-electron chi connectivity index (χ1n) is 9.16. The molecule has 4 heterocycles. The van der Waals surface area contributed by atoms with Crippen LogP contribution in [0.4, 0.5) is 11.6 Å². The van der Waals surface area contributed by atoms with E-state index in [1.165, 1.54) is 0 Å². The highest BCUT2D eigenvalue weighted by atomic mass is 15.2. The zero-order valence-corrected chi connectivity index (χ0v) is 16.8. The predicted octanol–water partition coefficient (Wildman–Crippen LogP) is 2.15. The molecule has 0 atom stereocenters. The summed E-state index contributed by atoms with van der Waals surface area (Å²) in [6.45, 7) is 10.5. The number of fused-ring (bicyclic) bond motifs is 2. The molecule has 0 unspecified atom stereocenters. The van der Waals surface area contributed by atoms with Gasteiger partial charge in [0.05, 0.1) is 0 Å². The van der Waals surface area contributed by atoms with Crippen molar-refractivity contribution in [2.75, 3.05) is 11.5 Å². The first-order chi connectivity index (χ1) is 13.1. The second kappa shape index (κ2) is 5.88. The molecule has 0 aliphatic heterocycles. The Bertz CT molecular complexity index is 1180. The van der Waals surface area contributed by atoms with Crippen molar-refractivity contribution >= 4 is 22.9 Å². The molecule has 9 nitrogen and oxygen atoms in total. The van der Waals surface area contributed by atoms with Crippen molar-refractivity contribution in [2.45, 2.75) is 51.9 Å². The van der Waals surface area contributed by atoms with Crippen molar-refractivity contribution in [3.8, 4) is 0 Å². The second-order valence-electron chi connectivity index (χ2n) is 8.79.